The van der Waals surface area contributed by atoms with E-state index in [1.807, 2.05) is 38.1 Å². The van der Waals surface area contributed by atoms with E-state index in [1.165, 1.54) is 10.1 Å². The number of hydrogen-bond donors (Lipinski definition) is 1. The van der Waals surface area contributed by atoms with Gasteiger partial charge >= 0.3 is 0 Å². The monoisotopic (exact) mass is 504 g/mol. The predicted octanol–water partition coefficient (Wildman–Crippen LogP) is 5.00. The molecule has 0 spiro atoms. The van der Waals surface area contributed by atoms with Gasteiger partial charge in [0, 0.05) is 36.3 Å². The Balaban J connectivity index is 1.44. The Kier molecular flexibility index (Phi) is 7.26. The van der Waals surface area contributed by atoms with Crippen molar-refractivity contribution in [1.29, 1.82) is 0 Å². The van der Waals surface area contributed by atoms with E-state index in [9.17, 15) is 9.59 Å². The van der Waals surface area contributed by atoms with Crippen LogP contribution in [0.25, 0.3) is 22.3 Å². The summed E-state index contributed by atoms with van der Waals surface area (Å²) in [6.07, 6.45) is 7.96. The summed E-state index contributed by atoms with van der Waals surface area (Å²) < 4.78 is 1.48. The van der Waals surface area contributed by atoms with Gasteiger partial charge in [0.2, 0.25) is 5.91 Å². The Hall–Kier alpha value is -2.96. The topological polar surface area (TPSA) is 67.2 Å². The lowest BCUT2D eigenvalue weighted by Gasteiger charge is -2.39. The molecule has 3 aromatic rings. The first kappa shape index (κ1) is 24.7. The highest BCUT2D eigenvalue weighted by molar-refractivity contribution is 6.30. The molecule has 5 rings (SSSR count). The maximum absolute atomic E-state index is 13.7. The molecule has 188 valence electrons. The van der Waals surface area contributed by atoms with Crippen molar-refractivity contribution in [3.8, 4) is 11.4 Å². The van der Waals surface area contributed by atoms with Crippen molar-refractivity contribution >= 4 is 28.4 Å². The summed E-state index contributed by atoms with van der Waals surface area (Å²) >= 11 is 6.23. The van der Waals surface area contributed by atoms with Gasteiger partial charge in [-0.25, -0.2) is 4.98 Å². The largest absolute Gasteiger partial charge is 0.352 e. The van der Waals surface area contributed by atoms with Crippen molar-refractivity contribution in [3.63, 3.8) is 0 Å². The highest BCUT2D eigenvalue weighted by Crippen LogP contribution is 2.42. The maximum Gasteiger partial charge on any atom is 0.262 e. The number of nitrogens with one attached hydrogen (secondary N) is 1. The van der Waals surface area contributed by atoms with Crippen LogP contribution in [0.5, 0.6) is 0 Å². The number of halogens is 1. The van der Waals surface area contributed by atoms with Crippen LogP contribution in [0, 0.1) is 5.92 Å². The van der Waals surface area contributed by atoms with Crippen LogP contribution in [0.2, 0.25) is 5.02 Å². The second-order valence-corrected chi connectivity index (χ2v) is 10.8. The van der Waals surface area contributed by atoms with Gasteiger partial charge < -0.3 is 5.32 Å². The van der Waals surface area contributed by atoms with Gasteiger partial charge in [0.1, 0.15) is 12.4 Å². The number of carbonyl (C=O) groups is 1. The van der Waals surface area contributed by atoms with Crippen LogP contribution in [-0.4, -0.2) is 46.0 Å². The fourth-order valence-electron chi connectivity index (χ4n) is 5.38. The lowest BCUT2D eigenvalue weighted by atomic mass is 9.71. The van der Waals surface area contributed by atoms with Gasteiger partial charge in [-0.05, 0) is 74.8 Å². The lowest BCUT2D eigenvalue weighted by Crippen LogP contribution is -2.37. The van der Waals surface area contributed by atoms with E-state index < -0.39 is 0 Å². The molecule has 0 bridgehead atoms. The molecule has 2 aromatic carbocycles. The Morgan fingerprint density at radius 1 is 1.17 bits per heavy atom. The summed E-state index contributed by atoms with van der Waals surface area (Å²) in [5.41, 5.74) is 2.32. The average molecular weight is 505 g/mol. The molecule has 0 atom stereocenters. The quantitative estimate of drug-likeness (QED) is 0.460. The van der Waals surface area contributed by atoms with Crippen molar-refractivity contribution in [2.24, 2.45) is 5.92 Å². The van der Waals surface area contributed by atoms with Crippen LogP contribution in [0.1, 0.15) is 44.6 Å². The summed E-state index contributed by atoms with van der Waals surface area (Å²) in [5, 5.41) is 3.99. The summed E-state index contributed by atoms with van der Waals surface area (Å²) in [7, 11) is 0. The van der Waals surface area contributed by atoms with Crippen molar-refractivity contribution in [2.75, 3.05) is 19.6 Å². The lowest BCUT2D eigenvalue weighted by molar-refractivity contribution is -0.122. The van der Waals surface area contributed by atoms with Crippen molar-refractivity contribution in [3.05, 3.63) is 75.6 Å². The van der Waals surface area contributed by atoms with Crippen molar-refractivity contribution in [2.45, 2.75) is 51.6 Å². The van der Waals surface area contributed by atoms with Crippen LogP contribution < -0.4 is 10.9 Å². The summed E-state index contributed by atoms with van der Waals surface area (Å²) in [6.45, 7) is 7.06. The molecule has 36 heavy (non-hydrogen) atoms. The van der Waals surface area contributed by atoms with Crippen LogP contribution in [0.15, 0.2) is 59.4 Å². The highest BCUT2D eigenvalue weighted by Gasteiger charge is 2.32. The first-order chi connectivity index (χ1) is 17.4. The molecule has 1 aromatic heterocycles. The summed E-state index contributed by atoms with van der Waals surface area (Å²) in [5.74, 6) is 1.39. The first-order valence-corrected chi connectivity index (χ1v) is 13.2. The van der Waals surface area contributed by atoms with Gasteiger partial charge in [0.25, 0.3) is 5.56 Å². The number of nitrogens with zero attached hydrogens (tertiary/aromatic N) is 3. The van der Waals surface area contributed by atoms with E-state index in [0.717, 1.165) is 38.9 Å². The Bertz CT molecular complexity index is 1360. The minimum absolute atomic E-state index is 0.0182. The number of hydrogen-bond acceptors (Lipinski definition) is 4. The first-order valence-electron chi connectivity index (χ1n) is 12.8. The average Bonchev–Trinajstić information content (AvgIpc) is 2.83. The SMILES string of the molecule is CC(C)NC(=O)Cn1c(-c2cccc(Cl)c2)nc2ccc(C3CC(CN4CC=CCC4)C3)cc2c1=O. The number of fused-ring (bicyclic) bond motifs is 1. The second kappa shape index (κ2) is 10.6. The van der Waals surface area contributed by atoms with E-state index >= 15 is 0 Å². The third kappa shape index (κ3) is 5.40. The zero-order valence-electron chi connectivity index (χ0n) is 20.9. The molecule has 2 heterocycles. The van der Waals surface area contributed by atoms with Crippen LogP contribution in [0.3, 0.4) is 0 Å². The van der Waals surface area contributed by atoms with E-state index in [2.05, 4.69) is 28.4 Å². The van der Waals surface area contributed by atoms with Crippen molar-refractivity contribution in [1.82, 2.24) is 19.8 Å². The number of amides is 1. The van der Waals surface area contributed by atoms with Crippen LogP contribution >= 0.6 is 11.6 Å². The zero-order valence-corrected chi connectivity index (χ0v) is 21.7. The molecule has 0 unspecified atom stereocenters. The van der Waals surface area contributed by atoms with Gasteiger partial charge in [-0.1, -0.05) is 42.0 Å². The fourth-order valence-corrected chi connectivity index (χ4v) is 5.57. The number of benzene rings is 2. The molecule has 2 aliphatic rings. The molecule has 1 fully saturated rings. The van der Waals surface area contributed by atoms with Gasteiger partial charge in [-0.2, -0.15) is 0 Å². The molecular formula is C29H33ClN4O2. The molecule has 1 aliphatic carbocycles. The van der Waals surface area contributed by atoms with E-state index in [1.54, 1.807) is 12.1 Å². The van der Waals surface area contributed by atoms with Gasteiger partial charge in [-0.15, -0.1) is 0 Å². The molecule has 1 aliphatic heterocycles. The summed E-state index contributed by atoms with van der Waals surface area (Å²) in [6, 6.07) is 13.3. The third-order valence-corrected chi connectivity index (χ3v) is 7.41. The van der Waals surface area contributed by atoms with E-state index in [4.69, 9.17) is 16.6 Å². The Morgan fingerprint density at radius 3 is 2.72 bits per heavy atom. The normalized spacial score (nSPS) is 20.0. The molecule has 1 saturated carbocycles. The third-order valence-electron chi connectivity index (χ3n) is 7.18. The smallest absolute Gasteiger partial charge is 0.262 e. The maximum atomic E-state index is 13.7. The minimum atomic E-state index is -0.220. The number of rotatable bonds is 7. The zero-order chi connectivity index (χ0) is 25.2. The minimum Gasteiger partial charge on any atom is -0.352 e. The number of carbonyl (C=O) groups excluding carboxylic acids is 1. The van der Waals surface area contributed by atoms with E-state index in [0.29, 0.717) is 39.1 Å². The van der Waals surface area contributed by atoms with Crippen LogP contribution in [-0.2, 0) is 11.3 Å². The molecular weight excluding hydrogens is 472 g/mol. The fraction of sp³-hybridized carbons (Fsp3) is 0.414. The van der Waals surface area contributed by atoms with Crippen LogP contribution in [0.4, 0.5) is 0 Å². The second-order valence-electron chi connectivity index (χ2n) is 10.4. The highest BCUT2D eigenvalue weighted by atomic mass is 35.5. The number of aromatic nitrogens is 2. The van der Waals surface area contributed by atoms with Gasteiger partial charge in [0.05, 0.1) is 10.9 Å². The molecule has 7 heteroatoms. The van der Waals surface area contributed by atoms with Gasteiger partial charge in [0.15, 0.2) is 0 Å². The molecule has 1 N–H and O–H groups in total. The van der Waals surface area contributed by atoms with Gasteiger partial charge in [-0.3, -0.25) is 19.1 Å². The molecule has 6 nitrogen and oxygen atoms in total. The molecule has 0 radical (unpaired) electrons. The summed E-state index contributed by atoms with van der Waals surface area (Å²) in [4.78, 5) is 33.8. The van der Waals surface area contributed by atoms with Crippen molar-refractivity contribution < 1.29 is 4.79 Å². The Morgan fingerprint density at radius 2 is 2.00 bits per heavy atom. The standard InChI is InChI=1S/C29H33ClN4O2/c1-19(2)31-27(35)18-34-28(22-7-6-8-24(30)15-22)32-26-10-9-21(16-25(26)29(34)36)23-13-20(14-23)17-33-11-4-3-5-12-33/h3-4,6-10,15-16,19-20,23H,5,11-14,17-18H2,1-2H3,(H,31,35). The Labute approximate surface area is 217 Å². The van der Waals surface area contributed by atoms with E-state index in [-0.39, 0.29) is 24.1 Å². The molecule has 1 amide bonds. The predicted molar refractivity (Wildman–Crippen MR) is 145 cm³/mol. The molecule has 0 saturated heterocycles.